The van der Waals surface area contributed by atoms with Crippen molar-refractivity contribution >= 4 is 0 Å². The molecule has 21 heavy (non-hydrogen) atoms. The summed E-state index contributed by atoms with van der Waals surface area (Å²) in [6, 6.07) is 5.52. The van der Waals surface area contributed by atoms with Crippen molar-refractivity contribution in [2.45, 2.75) is 57.7 Å². The Morgan fingerprint density at radius 2 is 1.86 bits per heavy atom. The van der Waals surface area contributed by atoms with E-state index in [-0.39, 0.29) is 6.04 Å². The quantitative estimate of drug-likeness (QED) is 0.849. The molecule has 0 radical (unpaired) electrons. The monoisotopic (exact) mass is 299 g/mol. The molecule has 1 saturated carbocycles. The van der Waals surface area contributed by atoms with Crippen molar-refractivity contribution in [3.05, 3.63) is 35.4 Å². The van der Waals surface area contributed by atoms with Crippen LogP contribution in [0.15, 0.2) is 24.3 Å². The molecule has 1 aliphatic rings. The van der Waals surface area contributed by atoms with Gasteiger partial charge in [-0.1, -0.05) is 44.4 Å². The van der Waals surface area contributed by atoms with Crippen LogP contribution in [0.25, 0.3) is 0 Å². The first-order valence-electron chi connectivity index (χ1n) is 7.82. The fraction of sp³-hybridized carbons (Fsp3) is 0.647. The summed E-state index contributed by atoms with van der Waals surface area (Å²) < 4.78 is 38.1. The van der Waals surface area contributed by atoms with Crippen molar-refractivity contribution in [2.75, 3.05) is 0 Å². The summed E-state index contributed by atoms with van der Waals surface area (Å²) in [6.07, 6.45) is 2.10. The smallest absolute Gasteiger partial charge is 0.327 e. The molecule has 1 atom stereocenters. The van der Waals surface area contributed by atoms with Crippen LogP contribution in [0.2, 0.25) is 0 Å². The van der Waals surface area contributed by atoms with E-state index in [2.05, 4.69) is 6.92 Å². The molecule has 1 aliphatic carbocycles. The van der Waals surface area contributed by atoms with Gasteiger partial charge in [0.25, 0.3) is 0 Å². The molecule has 0 aliphatic heterocycles. The zero-order valence-corrected chi connectivity index (χ0v) is 12.5. The first-order chi connectivity index (χ1) is 9.90. The first kappa shape index (κ1) is 16.3. The molecular formula is C17H24F3N. The predicted octanol–water partition coefficient (Wildman–Crippen LogP) is 4.79. The van der Waals surface area contributed by atoms with Crippen LogP contribution >= 0.6 is 0 Å². The third kappa shape index (κ3) is 4.47. The minimum absolute atomic E-state index is 0.0358. The maximum Gasteiger partial charge on any atom is 0.416 e. The van der Waals surface area contributed by atoms with Gasteiger partial charge in [0.2, 0.25) is 0 Å². The van der Waals surface area contributed by atoms with E-state index >= 15 is 0 Å². The van der Waals surface area contributed by atoms with Crippen LogP contribution < -0.4 is 5.73 Å². The van der Waals surface area contributed by atoms with Crippen LogP contribution in [-0.2, 0) is 12.6 Å². The normalized spacial score (nSPS) is 24.8. The summed E-state index contributed by atoms with van der Waals surface area (Å²) in [4.78, 5) is 0. The van der Waals surface area contributed by atoms with Gasteiger partial charge in [-0.2, -0.15) is 13.2 Å². The Morgan fingerprint density at radius 1 is 1.19 bits per heavy atom. The van der Waals surface area contributed by atoms with Gasteiger partial charge in [-0.05, 0) is 42.7 Å². The lowest BCUT2D eigenvalue weighted by Gasteiger charge is -2.31. The van der Waals surface area contributed by atoms with Crippen molar-refractivity contribution in [2.24, 2.45) is 17.6 Å². The van der Waals surface area contributed by atoms with Gasteiger partial charge >= 0.3 is 6.18 Å². The van der Waals surface area contributed by atoms with Crippen molar-refractivity contribution in [3.8, 4) is 0 Å². The highest BCUT2D eigenvalue weighted by atomic mass is 19.4. The Hall–Kier alpha value is -1.03. The Kier molecular flexibility index (Phi) is 5.31. The van der Waals surface area contributed by atoms with Gasteiger partial charge < -0.3 is 5.73 Å². The van der Waals surface area contributed by atoms with E-state index in [0.29, 0.717) is 17.9 Å². The average Bonchev–Trinajstić information content (AvgIpc) is 2.47. The largest absolute Gasteiger partial charge is 0.416 e. The fourth-order valence-electron chi connectivity index (χ4n) is 3.34. The van der Waals surface area contributed by atoms with Crippen LogP contribution in [0.5, 0.6) is 0 Å². The molecule has 0 spiro atoms. The van der Waals surface area contributed by atoms with Gasteiger partial charge in [-0.15, -0.1) is 0 Å². The summed E-state index contributed by atoms with van der Waals surface area (Å²) in [6.45, 7) is 2.22. The Morgan fingerprint density at radius 3 is 2.43 bits per heavy atom. The average molecular weight is 299 g/mol. The van der Waals surface area contributed by atoms with Gasteiger partial charge in [0.15, 0.2) is 0 Å². The Balaban J connectivity index is 1.95. The molecule has 1 nitrogen and oxygen atoms in total. The molecular weight excluding hydrogens is 275 g/mol. The van der Waals surface area contributed by atoms with E-state index in [4.69, 9.17) is 5.73 Å². The summed E-state index contributed by atoms with van der Waals surface area (Å²) >= 11 is 0. The molecule has 1 aromatic rings. The van der Waals surface area contributed by atoms with Crippen molar-refractivity contribution in [3.63, 3.8) is 0 Å². The minimum atomic E-state index is -4.28. The maximum atomic E-state index is 12.7. The molecule has 2 rings (SSSR count). The predicted molar refractivity (Wildman–Crippen MR) is 78.9 cm³/mol. The SMILES string of the molecule is CCC1CCC(C(N)Cc2cccc(C(F)(F)F)c2)CC1. The van der Waals surface area contributed by atoms with E-state index in [9.17, 15) is 13.2 Å². The van der Waals surface area contributed by atoms with Crippen LogP contribution in [-0.4, -0.2) is 6.04 Å². The molecule has 0 amide bonds. The van der Waals surface area contributed by atoms with E-state index in [1.54, 1.807) is 6.07 Å². The van der Waals surface area contributed by atoms with Crippen LogP contribution in [0.4, 0.5) is 13.2 Å². The third-order valence-electron chi connectivity index (χ3n) is 4.80. The minimum Gasteiger partial charge on any atom is -0.327 e. The molecule has 0 heterocycles. The second-order valence-electron chi connectivity index (χ2n) is 6.26. The molecule has 0 bridgehead atoms. The highest BCUT2D eigenvalue weighted by Gasteiger charge is 2.31. The molecule has 0 aromatic heterocycles. The lowest BCUT2D eigenvalue weighted by molar-refractivity contribution is -0.137. The summed E-state index contributed by atoms with van der Waals surface area (Å²) in [7, 11) is 0. The van der Waals surface area contributed by atoms with E-state index in [0.717, 1.165) is 24.8 Å². The van der Waals surface area contributed by atoms with Crippen molar-refractivity contribution in [1.29, 1.82) is 0 Å². The summed E-state index contributed by atoms with van der Waals surface area (Å²) in [5, 5.41) is 0. The van der Waals surface area contributed by atoms with E-state index in [1.807, 2.05) is 0 Å². The molecule has 0 saturated heterocycles. The maximum absolute atomic E-state index is 12.7. The summed E-state index contributed by atoms with van der Waals surface area (Å²) in [5.74, 6) is 1.25. The van der Waals surface area contributed by atoms with Crippen LogP contribution in [0.1, 0.15) is 50.2 Å². The number of hydrogen-bond acceptors (Lipinski definition) is 1. The molecule has 4 heteroatoms. The second-order valence-corrected chi connectivity index (χ2v) is 6.26. The molecule has 1 fully saturated rings. The standard InChI is InChI=1S/C17H24F3N/c1-2-12-6-8-14(9-7-12)16(21)11-13-4-3-5-15(10-13)17(18,19)20/h3-5,10,12,14,16H,2,6-9,11,21H2,1H3. The zero-order valence-electron chi connectivity index (χ0n) is 12.5. The third-order valence-corrected chi connectivity index (χ3v) is 4.80. The van der Waals surface area contributed by atoms with Gasteiger partial charge in [0.05, 0.1) is 5.56 Å². The van der Waals surface area contributed by atoms with Gasteiger partial charge in [0, 0.05) is 6.04 Å². The molecule has 1 unspecified atom stereocenters. The number of rotatable bonds is 4. The fourth-order valence-corrected chi connectivity index (χ4v) is 3.34. The van der Waals surface area contributed by atoms with Gasteiger partial charge in [-0.3, -0.25) is 0 Å². The molecule has 118 valence electrons. The summed E-state index contributed by atoms with van der Waals surface area (Å²) in [5.41, 5.74) is 6.35. The van der Waals surface area contributed by atoms with Crippen molar-refractivity contribution < 1.29 is 13.2 Å². The lowest BCUT2D eigenvalue weighted by Crippen LogP contribution is -2.35. The zero-order chi connectivity index (χ0) is 15.5. The second kappa shape index (κ2) is 6.82. The number of benzene rings is 1. The highest BCUT2D eigenvalue weighted by molar-refractivity contribution is 5.26. The molecule has 2 N–H and O–H groups in total. The van der Waals surface area contributed by atoms with Gasteiger partial charge in [0.1, 0.15) is 0 Å². The number of alkyl halides is 3. The molecule has 1 aromatic carbocycles. The Labute approximate surface area is 124 Å². The van der Waals surface area contributed by atoms with Crippen molar-refractivity contribution in [1.82, 2.24) is 0 Å². The van der Waals surface area contributed by atoms with E-state index in [1.165, 1.54) is 31.4 Å². The number of hydrogen-bond donors (Lipinski definition) is 1. The van der Waals surface area contributed by atoms with E-state index < -0.39 is 11.7 Å². The topological polar surface area (TPSA) is 26.0 Å². The first-order valence-corrected chi connectivity index (χ1v) is 7.82. The number of nitrogens with two attached hydrogens (primary N) is 1. The highest BCUT2D eigenvalue weighted by Crippen LogP contribution is 2.33. The van der Waals surface area contributed by atoms with Crippen LogP contribution in [0.3, 0.4) is 0 Å². The number of halogens is 3. The Bertz CT molecular complexity index is 448. The lowest BCUT2D eigenvalue weighted by atomic mass is 9.76. The van der Waals surface area contributed by atoms with Gasteiger partial charge in [-0.25, -0.2) is 0 Å². The van der Waals surface area contributed by atoms with Crippen LogP contribution in [0, 0.1) is 11.8 Å².